The number of fused-ring (bicyclic) bond motifs is 1. The van der Waals surface area contributed by atoms with Crippen molar-refractivity contribution in [2.75, 3.05) is 11.9 Å². The average molecular weight is 705 g/mol. The molecule has 1 unspecified atom stereocenters. The van der Waals surface area contributed by atoms with Crippen LogP contribution in [0.25, 0.3) is 11.2 Å². The number of rotatable bonds is 10. The molecule has 1 aromatic carbocycles. The van der Waals surface area contributed by atoms with Gasteiger partial charge in [-0.1, -0.05) is 29.3 Å². The molecule has 0 aliphatic heterocycles. The van der Waals surface area contributed by atoms with E-state index in [9.17, 15) is 44.7 Å². The van der Waals surface area contributed by atoms with Gasteiger partial charge >= 0.3 is 12.4 Å². The van der Waals surface area contributed by atoms with Crippen LogP contribution in [-0.4, -0.2) is 58.2 Å². The van der Waals surface area contributed by atoms with Gasteiger partial charge in [-0.15, -0.1) is 0 Å². The predicted molar refractivity (Wildman–Crippen MR) is 151 cm³/mol. The van der Waals surface area contributed by atoms with Gasteiger partial charge in [-0.25, -0.2) is 8.78 Å². The summed E-state index contributed by atoms with van der Waals surface area (Å²) in [6.45, 7) is -0.767. The third-order valence-electron chi connectivity index (χ3n) is 7.31. The Balaban J connectivity index is 1.55. The Bertz CT molecular complexity index is 1580. The van der Waals surface area contributed by atoms with E-state index in [1.54, 1.807) is 0 Å². The van der Waals surface area contributed by atoms with Crippen molar-refractivity contribution in [1.29, 1.82) is 0 Å². The zero-order valence-electron chi connectivity index (χ0n) is 23.7. The number of aromatic nitrogens is 3. The Labute approximate surface area is 265 Å². The fourth-order valence-electron chi connectivity index (χ4n) is 4.68. The third kappa shape index (κ3) is 8.60. The van der Waals surface area contributed by atoms with E-state index < -0.39 is 61.0 Å². The molecule has 19 heteroatoms. The van der Waals surface area contributed by atoms with Crippen molar-refractivity contribution in [3.05, 3.63) is 39.4 Å². The summed E-state index contributed by atoms with van der Waals surface area (Å²) in [6, 6.07) is 3.38. The molecule has 0 bridgehead atoms. The zero-order valence-corrected chi connectivity index (χ0v) is 25.2. The predicted octanol–water partition coefficient (Wildman–Crippen LogP) is 7.32. The Morgan fingerprint density at radius 3 is 2.35 bits per heavy atom. The van der Waals surface area contributed by atoms with Crippen LogP contribution < -0.4 is 20.7 Å². The van der Waals surface area contributed by atoms with Gasteiger partial charge in [0.05, 0.1) is 27.2 Å². The highest BCUT2D eigenvalue weighted by molar-refractivity contribution is 6.39. The summed E-state index contributed by atoms with van der Waals surface area (Å²) < 4.78 is 109. The Hall–Kier alpha value is -3.60. The maximum absolute atomic E-state index is 13.1. The van der Waals surface area contributed by atoms with E-state index in [-0.39, 0.29) is 76.2 Å². The molecule has 1 fully saturated rings. The Morgan fingerprint density at radius 2 is 1.74 bits per heavy atom. The van der Waals surface area contributed by atoms with Gasteiger partial charge in [-0.2, -0.15) is 36.3 Å². The van der Waals surface area contributed by atoms with Crippen LogP contribution in [0, 0.1) is 11.8 Å². The van der Waals surface area contributed by atoms with Gasteiger partial charge in [0.2, 0.25) is 17.7 Å². The number of halogens is 10. The molecule has 2 amide bonds. The second kappa shape index (κ2) is 14.0. The maximum atomic E-state index is 13.1. The molecule has 4 N–H and O–H groups in total. The lowest BCUT2D eigenvalue weighted by Crippen LogP contribution is -2.40. The number of H-pyrrole nitrogens is 1. The maximum Gasteiger partial charge on any atom is 0.400 e. The van der Waals surface area contributed by atoms with E-state index in [2.05, 4.69) is 30.9 Å². The summed E-state index contributed by atoms with van der Waals surface area (Å²) in [5, 5.41) is 7.54. The van der Waals surface area contributed by atoms with Crippen molar-refractivity contribution in [3.8, 4) is 5.88 Å². The number of nitrogens with zero attached hydrogens (tertiary/aromatic N) is 2. The van der Waals surface area contributed by atoms with Gasteiger partial charge in [-0.05, 0) is 50.3 Å². The van der Waals surface area contributed by atoms with Gasteiger partial charge in [0.25, 0.3) is 12.3 Å². The molecule has 1 atom stereocenters. The minimum Gasteiger partial charge on any atom is -0.471 e. The molecule has 1 aliphatic rings. The monoisotopic (exact) mass is 704 g/mol. The smallest absolute Gasteiger partial charge is 0.400 e. The quantitative estimate of drug-likeness (QED) is 0.164. The van der Waals surface area contributed by atoms with E-state index in [1.165, 1.54) is 18.2 Å². The van der Waals surface area contributed by atoms with Gasteiger partial charge in [-0.3, -0.25) is 9.59 Å². The van der Waals surface area contributed by atoms with Crippen LogP contribution in [0.2, 0.25) is 10.0 Å². The summed E-state index contributed by atoms with van der Waals surface area (Å²) in [5.74, 6) is -6.35. The zero-order chi connectivity index (χ0) is 34.0. The lowest BCUT2D eigenvalue weighted by molar-refractivity contribution is -0.182. The second-order valence-electron chi connectivity index (χ2n) is 10.6. The first-order valence-electron chi connectivity index (χ1n) is 13.7. The number of pyridine rings is 1. The molecule has 9 nitrogen and oxygen atoms in total. The van der Waals surface area contributed by atoms with Crippen molar-refractivity contribution in [2.45, 2.75) is 64.0 Å². The highest BCUT2D eigenvalue weighted by atomic mass is 35.5. The lowest BCUT2D eigenvalue weighted by atomic mass is 9.85. The van der Waals surface area contributed by atoms with E-state index in [0.29, 0.717) is 6.92 Å². The van der Waals surface area contributed by atoms with Gasteiger partial charge < -0.3 is 25.7 Å². The van der Waals surface area contributed by atoms with E-state index in [0.717, 1.165) is 0 Å². The molecule has 2 heterocycles. The molecule has 0 radical (unpaired) electrons. The molecule has 4 rings (SSSR count). The number of ether oxygens (including phenoxy) is 1. The molecule has 46 heavy (non-hydrogen) atoms. The van der Waals surface area contributed by atoms with Crippen molar-refractivity contribution in [3.63, 3.8) is 0 Å². The third-order valence-corrected chi connectivity index (χ3v) is 8.05. The van der Waals surface area contributed by atoms with E-state index in [1.807, 2.05) is 0 Å². The summed E-state index contributed by atoms with van der Waals surface area (Å²) in [7, 11) is 0. The second-order valence-corrected chi connectivity index (χ2v) is 11.4. The van der Waals surface area contributed by atoms with E-state index in [4.69, 9.17) is 27.9 Å². The summed E-state index contributed by atoms with van der Waals surface area (Å²) in [5.41, 5.74) is -0.000315. The molecular formula is C27H26Cl2F8N6O3. The Morgan fingerprint density at radius 1 is 1.07 bits per heavy atom. The molecule has 0 saturated heterocycles. The number of hydrogen-bond donors (Lipinski definition) is 4. The number of nitrogens with one attached hydrogen (secondary N) is 4. The fourth-order valence-corrected chi connectivity index (χ4v) is 5.21. The number of hydrogen-bond acceptors (Lipinski definition) is 6. The van der Waals surface area contributed by atoms with Crippen molar-refractivity contribution in [1.82, 2.24) is 25.6 Å². The summed E-state index contributed by atoms with van der Waals surface area (Å²) >= 11 is 12.7. The molecule has 3 aromatic rings. The molecule has 1 aliphatic carbocycles. The summed E-state index contributed by atoms with van der Waals surface area (Å²) in [4.78, 5) is 36.1. The first-order chi connectivity index (χ1) is 21.4. The SMILES string of the molecule is CC(C(=O)NCc1ccc(Cl)c(Nc2nc3nc(OCC(F)F)c(C(=O)NC4CCC(C(F)(F)F)CC4)cc3[nH]2)c1Cl)C(F)(F)F. The molecular weight excluding hydrogens is 679 g/mol. The Kier molecular flexibility index (Phi) is 10.8. The van der Waals surface area contributed by atoms with Crippen LogP contribution in [0.1, 0.15) is 48.5 Å². The molecule has 252 valence electrons. The van der Waals surface area contributed by atoms with Crippen LogP contribution in [0.3, 0.4) is 0 Å². The number of amides is 2. The van der Waals surface area contributed by atoms with Gasteiger partial charge in [0.1, 0.15) is 11.5 Å². The number of imidazole rings is 1. The van der Waals surface area contributed by atoms with E-state index >= 15 is 0 Å². The lowest BCUT2D eigenvalue weighted by Gasteiger charge is -2.30. The number of anilines is 2. The van der Waals surface area contributed by atoms with Gasteiger partial charge in [0, 0.05) is 12.6 Å². The van der Waals surface area contributed by atoms with Crippen LogP contribution in [0.4, 0.5) is 46.8 Å². The average Bonchev–Trinajstić information content (AvgIpc) is 3.37. The first-order valence-corrected chi connectivity index (χ1v) is 14.5. The number of carbonyl (C=O) groups excluding carboxylic acids is 2. The number of alkyl halides is 8. The fraction of sp³-hybridized carbons (Fsp3) is 0.481. The van der Waals surface area contributed by atoms with Crippen LogP contribution in [0.5, 0.6) is 5.88 Å². The largest absolute Gasteiger partial charge is 0.471 e. The number of aromatic amines is 1. The van der Waals surface area contributed by atoms with Crippen LogP contribution in [-0.2, 0) is 11.3 Å². The number of carbonyl (C=O) groups is 2. The van der Waals surface area contributed by atoms with Gasteiger partial charge in [0.15, 0.2) is 12.3 Å². The summed E-state index contributed by atoms with van der Waals surface area (Å²) in [6.07, 6.45) is -12.2. The minimum atomic E-state index is -4.74. The number of benzene rings is 1. The van der Waals surface area contributed by atoms with Crippen molar-refractivity contribution in [2.24, 2.45) is 11.8 Å². The molecule has 1 saturated carbocycles. The van der Waals surface area contributed by atoms with Crippen molar-refractivity contribution < 1.29 is 49.4 Å². The normalized spacial score (nSPS) is 18.0. The first kappa shape index (κ1) is 35.3. The standard InChI is InChI=1S/C27H26Cl2F8N6O3/c1-11(26(32,33)34)22(44)38-9-12-2-7-16(28)20(19(12)29)41-25-40-17-8-15(24(42-21(17)43-25)46-10-18(30)31)23(45)39-14-5-3-13(4-6-14)27(35,36)37/h2,7-8,11,13-14,18H,3-6,9-10H2,1H3,(H,38,44)(H,39,45)(H2,40,41,42,43). The van der Waals surface area contributed by atoms with Crippen LogP contribution >= 0.6 is 23.2 Å². The molecule has 2 aromatic heterocycles. The molecule has 0 spiro atoms. The highest BCUT2D eigenvalue weighted by Crippen LogP contribution is 2.38. The highest BCUT2D eigenvalue weighted by Gasteiger charge is 2.42. The minimum absolute atomic E-state index is 0.0413. The van der Waals surface area contributed by atoms with Crippen LogP contribution in [0.15, 0.2) is 18.2 Å². The van der Waals surface area contributed by atoms with Crippen molar-refractivity contribution >= 4 is 57.8 Å². The topological polar surface area (TPSA) is 121 Å².